The number of nitrogens with zero attached hydrogens (tertiary/aromatic N) is 2. The summed E-state index contributed by atoms with van der Waals surface area (Å²) in [5.74, 6) is 0.282. The molecule has 3 rings (SSSR count). The number of aromatic nitrogens is 2. The monoisotopic (exact) mass is 323 g/mol. The van der Waals surface area contributed by atoms with Gasteiger partial charge in [0.2, 0.25) is 5.43 Å². The summed E-state index contributed by atoms with van der Waals surface area (Å²) < 4.78 is 6.79. The van der Waals surface area contributed by atoms with Crippen LogP contribution in [0.1, 0.15) is 21.9 Å². The normalized spacial score (nSPS) is 10.5. The quantitative estimate of drug-likeness (QED) is 0.780. The Labute approximate surface area is 138 Å². The predicted molar refractivity (Wildman–Crippen MR) is 89.3 cm³/mol. The Bertz CT molecular complexity index is 884. The van der Waals surface area contributed by atoms with Crippen molar-refractivity contribution in [1.29, 1.82) is 0 Å². The highest BCUT2D eigenvalue weighted by Crippen LogP contribution is 2.07. The van der Waals surface area contributed by atoms with E-state index in [2.05, 4.69) is 10.4 Å². The van der Waals surface area contributed by atoms with E-state index in [1.165, 1.54) is 6.07 Å². The second-order valence-corrected chi connectivity index (χ2v) is 5.33. The highest BCUT2D eigenvalue weighted by molar-refractivity contribution is 5.92. The number of aryl methyl sites for hydroxylation is 1. The Hall–Kier alpha value is -3.15. The molecule has 1 amide bonds. The van der Waals surface area contributed by atoms with Crippen LogP contribution in [0.3, 0.4) is 0 Å². The minimum absolute atomic E-state index is 0.121. The van der Waals surface area contributed by atoms with E-state index in [9.17, 15) is 9.59 Å². The average Bonchev–Trinajstić information content (AvgIpc) is 3.09. The van der Waals surface area contributed by atoms with Crippen LogP contribution >= 0.6 is 0 Å². The summed E-state index contributed by atoms with van der Waals surface area (Å²) in [6.07, 6.45) is 2.13. The van der Waals surface area contributed by atoms with E-state index in [4.69, 9.17) is 4.42 Å². The lowest BCUT2D eigenvalue weighted by atomic mass is 10.2. The molecule has 0 aliphatic rings. The number of amides is 1. The maximum absolute atomic E-state index is 12.3. The molecule has 3 aromatic rings. The molecule has 0 radical (unpaired) electrons. The third-order valence-corrected chi connectivity index (χ3v) is 3.56. The van der Waals surface area contributed by atoms with Gasteiger partial charge in [0, 0.05) is 24.7 Å². The topological polar surface area (TPSA) is 77.1 Å². The van der Waals surface area contributed by atoms with Crippen LogP contribution in [0.5, 0.6) is 0 Å². The van der Waals surface area contributed by atoms with Crippen LogP contribution in [0, 0.1) is 6.92 Å². The van der Waals surface area contributed by atoms with Gasteiger partial charge in [0.05, 0.1) is 12.0 Å². The molecule has 122 valence electrons. The van der Waals surface area contributed by atoms with E-state index in [0.29, 0.717) is 18.7 Å². The van der Waals surface area contributed by atoms with Gasteiger partial charge >= 0.3 is 0 Å². The number of nitrogens with one attached hydrogen (secondary N) is 1. The van der Waals surface area contributed by atoms with Gasteiger partial charge in [0.15, 0.2) is 5.69 Å². The lowest BCUT2D eigenvalue weighted by molar-refractivity contribution is 0.0945. The molecule has 2 aromatic heterocycles. The highest BCUT2D eigenvalue weighted by Gasteiger charge is 2.15. The first-order valence-electron chi connectivity index (χ1n) is 7.62. The van der Waals surface area contributed by atoms with Crippen LogP contribution in [0.4, 0.5) is 0 Å². The van der Waals surface area contributed by atoms with Crippen molar-refractivity contribution in [1.82, 2.24) is 15.1 Å². The number of benzene rings is 1. The SMILES string of the molecule is Cc1cc(=O)c(C(=O)NCCc2ccco2)nn1-c1ccccc1. The molecule has 0 saturated carbocycles. The van der Waals surface area contributed by atoms with E-state index >= 15 is 0 Å². The molecule has 0 aliphatic carbocycles. The molecular weight excluding hydrogens is 306 g/mol. The van der Waals surface area contributed by atoms with Crippen LogP contribution in [0.15, 0.2) is 64.0 Å². The van der Waals surface area contributed by atoms with E-state index in [1.807, 2.05) is 36.4 Å². The lowest BCUT2D eigenvalue weighted by Crippen LogP contribution is -2.33. The zero-order chi connectivity index (χ0) is 16.9. The van der Waals surface area contributed by atoms with Crippen LogP contribution in [0.2, 0.25) is 0 Å². The summed E-state index contributed by atoms with van der Waals surface area (Å²) in [5, 5.41) is 6.93. The number of carbonyl (C=O) groups excluding carboxylic acids is 1. The summed E-state index contributed by atoms with van der Waals surface area (Å²) in [6.45, 7) is 2.15. The lowest BCUT2D eigenvalue weighted by Gasteiger charge is -2.11. The van der Waals surface area contributed by atoms with Crippen molar-refractivity contribution in [3.05, 3.63) is 82.2 Å². The van der Waals surface area contributed by atoms with E-state index in [-0.39, 0.29) is 5.69 Å². The fourth-order valence-corrected chi connectivity index (χ4v) is 2.37. The zero-order valence-electron chi connectivity index (χ0n) is 13.2. The largest absolute Gasteiger partial charge is 0.469 e. The molecule has 0 atom stereocenters. The van der Waals surface area contributed by atoms with Crippen molar-refractivity contribution in [3.8, 4) is 5.69 Å². The molecular formula is C18H17N3O3. The van der Waals surface area contributed by atoms with Crippen LogP contribution < -0.4 is 10.7 Å². The van der Waals surface area contributed by atoms with Crippen molar-refractivity contribution < 1.29 is 9.21 Å². The fourth-order valence-electron chi connectivity index (χ4n) is 2.37. The molecule has 24 heavy (non-hydrogen) atoms. The number of carbonyl (C=O) groups is 1. The summed E-state index contributed by atoms with van der Waals surface area (Å²) in [5.41, 5.74) is 0.942. The van der Waals surface area contributed by atoms with Crippen molar-refractivity contribution >= 4 is 5.91 Å². The number of hydrogen-bond acceptors (Lipinski definition) is 4. The fraction of sp³-hybridized carbons (Fsp3) is 0.167. The first-order chi connectivity index (χ1) is 11.6. The van der Waals surface area contributed by atoms with Gasteiger partial charge in [-0.3, -0.25) is 9.59 Å². The van der Waals surface area contributed by atoms with Crippen LogP contribution in [-0.4, -0.2) is 22.2 Å². The van der Waals surface area contributed by atoms with Gasteiger partial charge in [-0.05, 0) is 31.2 Å². The van der Waals surface area contributed by atoms with Gasteiger partial charge in [-0.15, -0.1) is 0 Å². The number of hydrogen-bond donors (Lipinski definition) is 1. The van der Waals surface area contributed by atoms with Crippen molar-refractivity contribution in [2.75, 3.05) is 6.54 Å². The Kier molecular flexibility index (Phi) is 4.56. The summed E-state index contributed by atoms with van der Waals surface area (Å²) in [4.78, 5) is 24.4. The average molecular weight is 323 g/mol. The maximum Gasteiger partial charge on any atom is 0.275 e. The first-order valence-corrected chi connectivity index (χ1v) is 7.62. The summed E-state index contributed by atoms with van der Waals surface area (Å²) in [7, 11) is 0. The van der Waals surface area contributed by atoms with Crippen LogP contribution in [0.25, 0.3) is 5.69 Å². The molecule has 6 heteroatoms. The molecule has 0 aliphatic heterocycles. The maximum atomic E-state index is 12.3. The van der Waals surface area contributed by atoms with Gasteiger partial charge in [-0.1, -0.05) is 18.2 Å². The summed E-state index contributed by atoms with van der Waals surface area (Å²) >= 11 is 0. The number of rotatable bonds is 5. The molecule has 2 heterocycles. The Morgan fingerprint density at radius 1 is 1.21 bits per heavy atom. The molecule has 0 spiro atoms. The van der Waals surface area contributed by atoms with Gasteiger partial charge in [-0.2, -0.15) is 5.10 Å². The third kappa shape index (κ3) is 3.43. The molecule has 1 N–H and O–H groups in total. The molecule has 6 nitrogen and oxygen atoms in total. The predicted octanol–water partition coefficient (Wildman–Crippen LogP) is 2.11. The number of furan rings is 1. The Morgan fingerprint density at radius 2 is 2.00 bits per heavy atom. The highest BCUT2D eigenvalue weighted by atomic mass is 16.3. The first kappa shape index (κ1) is 15.7. The molecule has 0 bridgehead atoms. The van der Waals surface area contributed by atoms with Gasteiger partial charge in [0.25, 0.3) is 5.91 Å². The second-order valence-electron chi connectivity index (χ2n) is 5.33. The zero-order valence-corrected chi connectivity index (χ0v) is 13.2. The van der Waals surface area contributed by atoms with E-state index in [0.717, 1.165) is 11.4 Å². The van der Waals surface area contributed by atoms with Crippen molar-refractivity contribution in [2.24, 2.45) is 0 Å². The van der Waals surface area contributed by atoms with E-state index < -0.39 is 11.3 Å². The van der Waals surface area contributed by atoms with E-state index in [1.54, 1.807) is 23.9 Å². The van der Waals surface area contributed by atoms with Gasteiger partial charge in [0.1, 0.15) is 5.76 Å². The Balaban J connectivity index is 1.79. The van der Waals surface area contributed by atoms with Gasteiger partial charge < -0.3 is 9.73 Å². The molecule has 0 saturated heterocycles. The second kappa shape index (κ2) is 6.95. The third-order valence-electron chi connectivity index (χ3n) is 3.56. The smallest absolute Gasteiger partial charge is 0.275 e. The molecule has 0 unspecified atom stereocenters. The standard InChI is InChI=1S/C18H17N3O3/c1-13-12-16(22)17(20-21(13)14-6-3-2-4-7-14)18(23)19-10-9-15-8-5-11-24-15/h2-8,11-12H,9-10H2,1H3,(H,19,23). The molecule has 0 fully saturated rings. The van der Waals surface area contributed by atoms with Gasteiger partial charge in [-0.25, -0.2) is 4.68 Å². The Morgan fingerprint density at radius 3 is 2.71 bits per heavy atom. The van der Waals surface area contributed by atoms with Crippen molar-refractivity contribution in [2.45, 2.75) is 13.3 Å². The van der Waals surface area contributed by atoms with Crippen LogP contribution in [-0.2, 0) is 6.42 Å². The number of para-hydroxylation sites is 1. The van der Waals surface area contributed by atoms with Crippen molar-refractivity contribution in [3.63, 3.8) is 0 Å². The minimum Gasteiger partial charge on any atom is -0.469 e. The summed E-state index contributed by atoms with van der Waals surface area (Å²) in [6, 6.07) is 14.4. The molecule has 1 aromatic carbocycles. The minimum atomic E-state index is -0.490.